The van der Waals surface area contributed by atoms with Gasteiger partial charge in [0.15, 0.2) is 0 Å². The van der Waals surface area contributed by atoms with E-state index in [1.54, 1.807) is 0 Å². The minimum atomic E-state index is 0.482. The van der Waals surface area contributed by atoms with Crippen molar-refractivity contribution in [2.24, 2.45) is 5.41 Å². The average Bonchev–Trinajstić information content (AvgIpc) is 2.81. The standard InChI is InChI=1S/C16H25ClN2/c1-18-12-16(9-3-4-10-16)13-19(2)11-14-5-7-15(17)8-6-14/h5-8,18H,3-4,9-13H2,1-2H3. The summed E-state index contributed by atoms with van der Waals surface area (Å²) in [7, 11) is 4.30. The van der Waals surface area contributed by atoms with Crippen LogP contribution >= 0.6 is 11.6 Å². The number of hydrogen-bond acceptors (Lipinski definition) is 2. The predicted octanol–water partition coefficient (Wildman–Crippen LogP) is 3.55. The maximum Gasteiger partial charge on any atom is 0.0406 e. The molecule has 2 rings (SSSR count). The fourth-order valence-corrected chi connectivity index (χ4v) is 3.55. The van der Waals surface area contributed by atoms with Crippen molar-refractivity contribution in [2.75, 3.05) is 27.2 Å². The number of nitrogens with zero attached hydrogens (tertiary/aromatic N) is 1. The Balaban J connectivity index is 1.92. The van der Waals surface area contributed by atoms with Gasteiger partial charge >= 0.3 is 0 Å². The molecule has 1 saturated carbocycles. The number of nitrogens with one attached hydrogen (secondary N) is 1. The summed E-state index contributed by atoms with van der Waals surface area (Å²) < 4.78 is 0. The second-order valence-corrected chi connectivity index (χ2v) is 6.47. The lowest BCUT2D eigenvalue weighted by Gasteiger charge is -2.33. The van der Waals surface area contributed by atoms with Crippen LogP contribution in [0.5, 0.6) is 0 Å². The molecule has 0 saturated heterocycles. The Morgan fingerprint density at radius 3 is 2.42 bits per heavy atom. The van der Waals surface area contributed by atoms with Gasteiger partial charge in [-0.1, -0.05) is 36.6 Å². The molecule has 1 fully saturated rings. The first-order chi connectivity index (χ1) is 9.13. The zero-order chi connectivity index (χ0) is 13.7. The molecule has 1 aromatic rings. The molecule has 0 aromatic heterocycles. The Morgan fingerprint density at radius 1 is 1.21 bits per heavy atom. The van der Waals surface area contributed by atoms with E-state index in [9.17, 15) is 0 Å². The molecule has 0 radical (unpaired) electrons. The van der Waals surface area contributed by atoms with Gasteiger partial charge in [-0.3, -0.25) is 0 Å². The molecule has 0 atom stereocenters. The van der Waals surface area contributed by atoms with E-state index >= 15 is 0 Å². The summed E-state index contributed by atoms with van der Waals surface area (Å²) in [6.07, 6.45) is 5.49. The van der Waals surface area contributed by atoms with Gasteiger partial charge in [0, 0.05) is 24.7 Å². The maximum atomic E-state index is 5.93. The van der Waals surface area contributed by atoms with E-state index in [4.69, 9.17) is 11.6 Å². The van der Waals surface area contributed by atoms with E-state index < -0.39 is 0 Å². The minimum Gasteiger partial charge on any atom is -0.319 e. The first-order valence-corrected chi connectivity index (χ1v) is 7.59. The molecule has 1 aliphatic carbocycles. The van der Waals surface area contributed by atoms with Crippen LogP contribution in [0.2, 0.25) is 5.02 Å². The monoisotopic (exact) mass is 280 g/mol. The lowest BCUT2D eigenvalue weighted by atomic mass is 9.85. The highest BCUT2D eigenvalue weighted by Gasteiger charge is 2.34. The molecule has 19 heavy (non-hydrogen) atoms. The van der Waals surface area contributed by atoms with Crippen molar-refractivity contribution in [3.05, 3.63) is 34.9 Å². The van der Waals surface area contributed by atoms with Crippen LogP contribution in [0, 0.1) is 5.41 Å². The highest BCUT2D eigenvalue weighted by atomic mass is 35.5. The summed E-state index contributed by atoms with van der Waals surface area (Å²) >= 11 is 5.93. The van der Waals surface area contributed by atoms with Crippen LogP contribution in [0.3, 0.4) is 0 Å². The molecular formula is C16H25ClN2. The van der Waals surface area contributed by atoms with Gasteiger partial charge in [0.05, 0.1) is 0 Å². The summed E-state index contributed by atoms with van der Waals surface area (Å²) in [5, 5.41) is 4.20. The third kappa shape index (κ3) is 4.20. The molecule has 3 heteroatoms. The molecule has 0 spiro atoms. The van der Waals surface area contributed by atoms with Crippen LogP contribution in [-0.2, 0) is 6.54 Å². The number of benzene rings is 1. The van der Waals surface area contributed by atoms with Gasteiger partial charge in [0.25, 0.3) is 0 Å². The summed E-state index contributed by atoms with van der Waals surface area (Å²) in [5.41, 5.74) is 1.82. The van der Waals surface area contributed by atoms with E-state index in [2.05, 4.69) is 36.4 Å². The van der Waals surface area contributed by atoms with Gasteiger partial charge < -0.3 is 10.2 Å². The fourth-order valence-electron chi connectivity index (χ4n) is 3.42. The van der Waals surface area contributed by atoms with Gasteiger partial charge in [-0.25, -0.2) is 0 Å². The van der Waals surface area contributed by atoms with Crippen molar-refractivity contribution in [3.8, 4) is 0 Å². The average molecular weight is 281 g/mol. The molecule has 0 heterocycles. The van der Waals surface area contributed by atoms with Crippen molar-refractivity contribution in [1.82, 2.24) is 10.2 Å². The highest BCUT2D eigenvalue weighted by molar-refractivity contribution is 6.30. The van der Waals surface area contributed by atoms with Crippen LogP contribution in [-0.4, -0.2) is 32.1 Å². The van der Waals surface area contributed by atoms with E-state index in [-0.39, 0.29) is 0 Å². The molecule has 106 valence electrons. The minimum absolute atomic E-state index is 0.482. The third-order valence-electron chi connectivity index (χ3n) is 4.19. The lowest BCUT2D eigenvalue weighted by Crippen LogP contribution is -2.40. The van der Waals surface area contributed by atoms with Crippen molar-refractivity contribution in [3.63, 3.8) is 0 Å². The van der Waals surface area contributed by atoms with Crippen molar-refractivity contribution in [2.45, 2.75) is 32.2 Å². The van der Waals surface area contributed by atoms with Crippen LogP contribution in [0.4, 0.5) is 0 Å². The second kappa shape index (κ2) is 6.74. The number of halogens is 1. The summed E-state index contributed by atoms with van der Waals surface area (Å²) in [5.74, 6) is 0. The van der Waals surface area contributed by atoms with Gasteiger partial charge in [-0.15, -0.1) is 0 Å². The second-order valence-electron chi connectivity index (χ2n) is 6.04. The van der Waals surface area contributed by atoms with Crippen LogP contribution < -0.4 is 5.32 Å². The SMILES string of the molecule is CNCC1(CN(C)Cc2ccc(Cl)cc2)CCCC1. The molecular weight excluding hydrogens is 256 g/mol. The summed E-state index contributed by atoms with van der Waals surface area (Å²) in [4.78, 5) is 2.45. The van der Waals surface area contributed by atoms with Crippen molar-refractivity contribution >= 4 is 11.6 Å². The topological polar surface area (TPSA) is 15.3 Å². The van der Waals surface area contributed by atoms with Gasteiger partial charge in [-0.05, 0) is 50.0 Å². The first-order valence-electron chi connectivity index (χ1n) is 7.21. The van der Waals surface area contributed by atoms with Crippen LogP contribution in [0.15, 0.2) is 24.3 Å². The summed E-state index contributed by atoms with van der Waals surface area (Å²) in [6.45, 7) is 3.32. The zero-order valence-electron chi connectivity index (χ0n) is 12.1. The Hall–Kier alpha value is -0.570. The Kier molecular flexibility index (Phi) is 5.26. The van der Waals surface area contributed by atoms with E-state index in [0.717, 1.165) is 18.1 Å². The Morgan fingerprint density at radius 2 is 1.84 bits per heavy atom. The van der Waals surface area contributed by atoms with Crippen molar-refractivity contribution in [1.29, 1.82) is 0 Å². The normalized spacial score (nSPS) is 18.1. The molecule has 0 aliphatic heterocycles. The van der Waals surface area contributed by atoms with Gasteiger partial charge in [0.1, 0.15) is 0 Å². The molecule has 1 aromatic carbocycles. The van der Waals surface area contributed by atoms with Gasteiger partial charge in [0.2, 0.25) is 0 Å². The lowest BCUT2D eigenvalue weighted by molar-refractivity contribution is 0.170. The number of hydrogen-bond donors (Lipinski definition) is 1. The molecule has 1 N–H and O–H groups in total. The van der Waals surface area contributed by atoms with E-state index in [0.29, 0.717) is 5.41 Å². The van der Waals surface area contributed by atoms with E-state index in [1.807, 2.05) is 12.1 Å². The molecule has 0 unspecified atom stereocenters. The number of rotatable bonds is 6. The fraction of sp³-hybridized carbons (Fsp3) is 0.625. The largest absolute Gasteiger partial charge is 0.319 e. The molecule has 2 nitrogen and oxygen atoms in total. The summed E-state index contributed by atoms with van der Waals surface area (Å²) in [6, 6.07) is 8.20. The quantitative estimate of drug-likeness (QED) is 0.857. The molecule has 1 aliphatic rings. The van der Waals surface area contributed by atoms with Crippen LogP contribution in [0.1, 0.15) is 31.2 Å². The smallest absolute Gasteiger partial charge is 0.0406 e. The zero-order valence-corrected chi connectivity index (χ0v) is 12.8. The highest BCUT2D eigenvalue weighted by Crippen LogP contribution is 2.38. The first kappa shape index (κ1) is 14.8. The third-order valence-corrected chi connectivity index (χ3v) is 4.44. The maximum absolute atomic E-state index is 5.93. The molecule has 0 bridgehead atoms. The Labute approximate surface area is 122 Å². The predicted molar refractivity (Wildman–Crippen MR) is 82.6 cm³/mol. The van der Waals surface area contributed by atoms with Crippen molar-refractivity contribution < 1.29 is 0 Å². The molecule has 0 amide bonds. The van der Waals surface area contributed by atoms with E-state index in [1.165, 1.54) is 37.8 Å². The van der Waals surface area contributed by atoms with Crippen LogP contribution in [0.25, 0.3) is 0 Å². The van der Waals surface area contributed by atoms with Gasteiger partial charge in [-0.2, -0.15) is 0 Å². The Bertz CT molecular complexity index is 382.